The maximum Gasteiger partial charge on any atom is 0.226 e. The van der Waals surface area contributed by atoms with Gasteiger partial charge in [-0.15, -0.1) is 0 Å². The number of carbonyl (C=O) groups is 1. The first kappa shape index (κ1) is 13.7. The fraction of sp³-hybridized carbons (Fsp3) is 0.438. The number of aryl methyl sites for hydroxylation is 1. The number of amides is 1. The number of hydrogen-bond acceptors (Lipinski definition) is 1. The van der Waals surface area contributed by atoms with E-state index in [4.69, 9.17) is 0 Å². The molecule has 0 radical (unpaired) electrons. The molecular weight excluding hydrogens is 236 g/mol. The Hall–Kier alpha value is -1.77. The number of benzene rings is 1. The Bertz CT molecular complexity index is 571. The summed E-state index contributed by atoms with van der Waals surface area (Å²) in [5.74, 6) is 0.194. The fourth-order valence-corrected chi connectivity index (χ4v) is 2.27. The molecule has 1 aromatic heterocycles. The van der Waals surface area contributed by atoms with Gasteiger partial charge >= 0.3 is 0 Å². The first-order valence-electron chi connectivity index (χ1n) is 6.92. The number of likely N-dealkylation sites (N-methyl/N-ethyl adjacent to an activating group) is 1. The number of nitrogens with one attached hydrogen (secondary N) is 1. The maximum absolute atomic E-state index is 12.1. The lowest BCUT2D eigenvalue weighted by molar-refractivity contribution is -0.129. The van der Waals surface area contributed by atoms with Crippen LogP contribution in [0.25, 0.3) is 10.9 Å². The second-order valence-corrected chi connectivity index (χ2v) is 5.22. The van der Waals surface area contributed by atoms with Crippen molar-refractivity contribution < 1.29 is 4.79 Å². The molecule has 1 heterocycles. The Balaban J connectivity index is 2.06. The summed E-state index contributed by atoms with van der Waals surface area (Å²) in [6.07, 6.45) is 2.67. The molecule has 0 saturated heterocycles. The predicted molar refractivity (Wildman–Crippen MR) is 79.3 cm³/mol. The zero-order valence-corrected chi connectivity index (χ0v) is 12.0. The Labute approximate surface area is 114 Å². The van der Waals surface area contributed by atoms with Gasteiger partial charge in [0.2, 0.25) is 5.91 Å². The SMILES string of the molecule is CCCCN(C)C(=O)Cc1ccc2[nH]c(C)cc2c1. The molecule has 0 atom stereocenters. The van der Waals surface area contributed by atoms with Gasteiger partial charge in [0.05, 0.1) is 6.42 Å². The van der Waals surface area contributed by atoms with Gasteiger partial charge in [0.25, 0.3) is 0 Å². The smallest absolute Gasteiger partial charge is 0.226 e. The highest BCUT2D eigenvalue weighted by molar-refractivity contribution is 5.84. The molecule has 0 saturated carbocycles. The largest absolute Gasteiger partial charge is 0.359 e. The van der Waals surface area contributed by atoms with E-state index in [2.05, 4.69) is 30.1 Å². The normalized spacial score (nSPS) is 10.9. The van der Waals surface area contributed by atoms with Gasteiger partial charge in [0.1, 0.15) is 0 Å². The standard InChI is InChI=1S/C16H22N2O/c1-4-5-8-18(3)16(19)11-13-6-7-15-14(10-13)9-12(2)17-15/h6-7,9-10,17H,4-5,8,11H2,1-3H3. The summed E-state index contributed by atoms with van der Waals surface area (Å²) < 4.78 is 0. The van der Waals surface area contributed by atoms with Gasteiger partial charge in [-0.2, -0.15) is 0 Å². The molecule has 0 spiro atoms. The number of aromatic nitrogens is 1. The molecule has 0 bridgehead atoms. The van der Waals surface area contributed by atoms with Crippen molar-refractivity contribution in [3.8, 4) is 0 Å². The number of nitrogens with zero attached hydrogens (tertiary/aromatic N) is 1. The first-order valence-corrected chi connectivity index (χ1v) is 6.92. The van der Waals surface area contributed by atoms with Crippen LogP contribution in [0.4, 0.5) is 0 Å². The van der Waals surface area contributed by atoms with Crippen LogP contribution in [0.5, 0.6) is 0 Å². The number of hydrogen-bond donors (Lipinski definition) is 1. The van der Waals surface area contributed by atoms with Gasteiger partial charge in [0.15, 0.2) is 0 Å². The van der Waals surface area contributed by atoms with Crippen molar-refractivity contribution in [3.63, 3.8) is 0 Å². The van der Waals surface area contributed by atoms with Gasteiger partial charge in [-0.3, -0.25) is 4.79 Å². The number of fused-ring (bicyclic) bond motifs is 1. The van der Waals surface area contributed by atoms with Crippen molar-refractivity contribution in [2.24, 2.45) is 0 Å². The molecule has 102 valence electrons. The van der Waals surface area contributed by atoms with E-state index in [1.807, 2.05) is 24.9 Å². The van der Waals surface area contributed by atoms with E-state index in [1.165, 1.54) is 5.39 Å². The molecule has 0 aliphatic carbocycles. The summed E-state index contributed by atoms with van der Waals surface area (Å²) in [4.78, 5) is 17.2. The van der Waals surface area contributed by atoms with Crippen LogP contribution >= 0.6 is 0 Å². The summed E-state index contributed by atoms with van der Waals surface area (Å²) >= 11 is 0. The van der Waals surface area contributed by atoms with E-state index in [0.717, 1.165) is 36.2 Å². The highest BCUT2D eigenvalue weighted by Crippen LogP contribution is 2.17. The molecule has 1 amide bonds. The van der Waals surface area contributed by atoms with Crippen LogP contribution in [-0.4, -0.2) is 29.4 Å². The van der Waals surface area contributed by atoms with Gasteiger partial charge in [0, 0.05) is 24.8 Å². The van der Waals surface area contributed by atoms with Crippen molar-refractivity contribution in [2.45, 2.75) is 33.1 Å². The van der Waals surface area contributed by atoms with Crippen LogP contribution in [0.1, 0.15) is 31.0 Å². The zero-order chi connectivity index (χ0) is 13.8. The van der Waals surface area contributed by atoms with Crippen LogP contribution in [0.3, 0.4) is 0 Å². The maximum atomic E-state index is 12.1. The lowest BCUT2D eigenvalue weighted by Gasteiger charge is -2.16. The zero-order valence-electron chi connectivity index (χ0n) is 12.0. The first-order chi connectivity index (χ1) is 9.10. The van der Waals surface area contributed by atoms with Gasteiger partial charge in [-0.25, -0.2) is 0 Å². The van der Waals surface area contributed by atoms with Crippen LogP contribution in [0.15, 0.2) is 24.3 Å². The summed E-state index contributed by atoms with van der Waals surface area (Å²) in [5, 5.41) is 1.18. The molecule has 1 N–H and O–H groups in total. The second-order valence-electron chi connectivity index (χ2n) is 5.22. The summed E-state index contributed by atoms with van der Waals surface area (Å²) in [6.45, 7) is 5.03. The topological polar surface area (TPSA) is 36.1 Å². The number of rotatable bonds is 5. The molecule has 2 aromatic rings. The van der Waals surface area contributed by atoms with Crippen LogP contribution in [0, 0.1) is 6.92 Å². The molecule has 0 aliphatic rings. The lowest BCUT2D eigenvalue weighted by Crippen LogP contribution is -2.29. The minimum atomic E-state index is 0.194. The summed E-state index contributed by atoms with van der Waals surface area (Å²) in [6, 6.07) is 8.30. The predicted octanol–water partition coefficient (Wildman–Crippen LogP) is 3.28. The van der Waals surface area contributed by atoms with E-state index in [0.29, 0.717) is 6.42 Å². The average Bonchev–Trinajstić information content (AvgIpc) is 2.75. The van der Waals surface area contributed by atoms with E-state index in [1.54, 1.807) is 0 Å². The highest BCUT2D eigenvalue weighted by atomic mass is 16.2. The third-order valence-corrected chi connectivity index (χ3v) is 3.45. The lowest BCUT2D eigenvalue weighted by atomic mass is 10.1. The molecule has 0 unspecified atom stereocenters. The van der Waals surface area contributed by atoms with E-state index in [9.17, 15) is 4.79 Å². The molecular formula is C16H22N2O. The number of unbranched alkanes of at least 4 members (excludes halogenated alkanes) is 1. The number of aromatic amines is 1. The Morgan fingerprint density at radius 3 is 2.84 bits per heavy atom. The van der Waals surface area contributed by atoms with E-state index >= 15 is 0 Å². The Morgan fingerprint density at radius 2 is 2.11 bits per heavy atom. The van der Waals surface area contributed by atoms with Crippen LogP contribution in [0.2, 0.25) is 0 Å². The molecule has 19 heavy (non-hydrogen) atoms. The van der Waals surface area contributed by atoms with Gasteiger partial charge < -0.3 is 9.88 Å². The Morgan fingerprint density at radius 1 is 1.32 bits per heavy atom. The van der Waals surface area contributed by atoms with Gasteiger partial charge in [-0.05, 0) is 42.5 Å². The van der Waals surface area contributed by atoms with E-state index < -0.39 is 0 Å². The molecule has 3 heteroatoms. The van der Waals surface area contributed by atoms with Gasteiger partial charge in [-0.1, -0.05) is 19.4 Å². The van der Waals surface area contributed by atoms with Crippen molar-refractivity contribution >= 4 is 16.8 Å². The fourth-order valence-electron chi connectivity index (χ4n) is 2.27. The average molecular weight is 258 g/mol. The number of carbonyl (C=O) groups excluding carboxylic acids is 1. The monoisotopic (exact) mass is 258 g/mol. The second kappa shape index (κ2) is 5.91. The van der Waals surface area contributed by atoms with Crippen LogP contribution in [-0.2, 0) is 11.2 Å². The van der Waals surface area contributed by atoms with Crippen LogP contribution < -0.4 is 0 Å². The third kappa shape index (κ3) is 3.37. The molecule has 2 rings (SSSR count). The van der Waals surface area contributed by atoms with Crippen molar-refractivity contribution in [3.05, 3.63) is 35.5 Å². The summed E-state index contributed by atoms with van der Waals surface area (Å²) in [7, 11) is 1.89. The Kier molecular flexibility index (Phi) is 4.25. The third-order valence-electron chi connectivity index (χ3n) is 3.45. The minimum Gasteiger partial charge on any atom is -0.359 e. The quantitative estimate of drug-likeness (QED) is 0.877. The molecule has 3 nitrogen and oxygen atoms in total. The number of H-pyrrole nitrogens is 1. The molecule has 0 aliphatic heterocycles. The summed E-state index contributed by atoms with van der Waals surface area (Å²) in [5.41, 5.74) is 3.37. The minimum absolute atomic E-state index is 0.194. The van der Waals surface area contributed by atoms with E-state index in [-0.39, 0.29) is 5.91 Å². The van der Waals surface area contributed by atoms with Crippen molar-refractivity contribution in [1.82, 2.24) is 9.88 Å². The highest BCUT2D eigenvalue weighted by Gasteiger charge is 2.09. The van der Waals surface area contributed by atoms with Crippen molar-refractivity contribution in [1.29, 1.82) is 0 Å². The van der Waals surface area contributed by atoms with Crippen molar-refractivity contribution in [2.75, 3.05) is 13.6 Å². The molecule has 1 aromatic carbocycles. The molecule has 0 fully saturated rings.